The van der Waals surface area contributed by atoms with Gasteiger partial charge in [-0.1, -0.05) is 6.07 Å². The highest BCUT2D eigenvalue weighted by molar-refractivity contribution is 7.89. The summed E-state index contributed by atoms with van der Waals surface area (Å²) in [5, 5.41) is 2.69. The van der Waals surface area contributed by atoms with Crippen LogP contribution in [0.4, 0.5) is 0 Å². The van der Waals surface area contributed by atoms with Crippen molar-refractivity contribution in [3.63, 3.8) is 0 Å². The lowest BCUT2D eigenvalue weighted by Crippen LogP contribution is -2.47. The molecule has 2 rings (SSSR count). The summed E-state index contributed by atoms with van der Waals surface area (Å²) in [5.74, 6) is -0.252. The van der Waals surface area contributed by atoms with Crippen LogP contribution < -0.4 is 5.32 Å². The zero-order valence-corrected chi connectivity index (χ0v) is 14.1. The van der Waals surface area contributed by atoms with E-state index < -0.39 is 10.0 Å². The van der Waals surface area contributed by atoms with Crippen LogP contribution in [0.3, 0.4) is 0 Å². The van der Waals surface area contributed by atoms with Crippen molar-refractivity contribution in [3.05, 3.63) is 29.3 Å². The molecule has 22 heavy (non-hydrogen) atoms. The summed E-state index contributed by atoms with van der Waals surface area (Å²) >= 11 is 0. The Labute approximate surface area is 132 Å². The summed E-state index contributed by atoms with van der Waals surface area (Å²) in [4.78, 5) is 14.3. The summed E-state index contributed by atoms with van der Waals surface area (Å²) in [5.41, 5.74) is 1.03. The van der Waals surface area contributed by atoms with E-state index in [2.05, 4.69) is 10.2 Å². The molecule has 1 aliphatic heterocycles. The Morgan fingerprint density at radius 3 is 2.45 bits per heavy atom. The van der Waals surface area contributed by atoms with Crippen molar-refractivity contribution in [2.45, 2.75) is 18.7 Å². The molecule has 1 saturated heterocycles. The van der Waals surface area contributed by atoms with E-state index in [1.807, 2.05) is 14.0 Å². The van der Waals surface area contributed by atoms with E-state index in [4.69, 9.17) is 0 Å². The fourth-order valence-corrected chi connectivity index (χ4v) is 4.12. The van der Waals surface area contributed by atoms with Crippen molar-refractivity contribution in [2.75, 3.05) is 39.8 Å². The minimum absolute atomic E-state index is 0.223. The number of nitrogens with zero attached hydrogens (tertiary/aromatic N) is 2. The van der Waals surface area contributed by atoms with Crippen LogP contribution in [-0.2, 0) is 10.0 Å². The number of piperazine rings is 1. The van der Waals surface area contributed by atoms with E-state index in [1.165, 1.54) is 10.4 Å². The summed E-state index contributed by atoms with van der Waals surface area (Å²) in [6, 6.07) is 4.82. The molecule has 0 unspecified atom stereocenters. The number of nitrogens with one attached hydrogen (secondary N) is 1. The first kappa shape index (κ1) is 16.9. The Kier molecular flexibility index (Phi) is 5.20. The van der Waals surface area contributed by atoms with Gasteiger partial charge in [0.25, 0.3) is 5.91 Å². The average Bonchev–Trinajstić information content (AvgIpc) is 2.48. The topological polar surface area (TPSA) is 69.7 Å². The number of sulfonamides is 1. The monoisotopic (exact) mass is 325 g/mol. The van der Waals surface area contributed by atoms with Gasteiger partial charge in [-0.15, -0.1) is 0 Å². The van der Waals surface area contributed by atoms with Crippen molar-refractivity contribution >= 4 is 15.9 Å². The first-order valence-corrected chi connectivity index (χ1v) is 8.88. The van der Waals surface area contributed by atoms with E-state index >= 15 is 0 Å². The van der Waals surface area contributed by atoms with Crippen LogP contribution in [0.25, 0.3) is 0 Å². The van der Waals surface area contributed by atoms with Crippen LogP contribution in [0.5, 0.6) is 0 Å². The predicted molar refractivity (Wildman–Crippen MR) is 85.4 cm³/mol. The van der Waals surface area contributed by atoms with Crippen molar-refractivity contribution in [3.8, 4) is 0 Å². The average molecular weight is 325 g/mol. The first-order valence-electron chi connectivity index (χ1n) is 7.43. The van der Waals surface area contributed by atoms with Crippen LogP contribution in [0, 0.1) is 6.92 Å². The van der Waals surface area contributed by atoms with E-state index in [0.717, 1.165) is 0 Å². The highest BCUT2D eigenvalue weighted by Crippen LogP contribution is 2.22. The van der Waals surface area contributed by atoms with Gasteiger partial charge in [0, 0.05) is 38.3 Å². The Hall–Kier alpha value is -1.44. The molecule has 1 heterocycles. The molecule has 0 aromatic heterocycles. The largest absolute Gasteiger partial charge is 0.352 e. The van der Waals surface area contributed by atoms with E-state index in [-0.39, 0.29) is 10.8 Å². The number of carbonyl (C=O) groups excluding carboxylic acids is 1. The third kappa shape index (κ3) is 3.48. The lowest BCUT2D eigenvalue weighted by Gasteiger charge is -2.32. The van der Waals surface area contributed by atoms with Crippen LogP contribution in [-0.4, -0.2) is 63.3 Å². The number of hydrogen-bond donors (Lipinski definition) is 1. The normalized spacial score (nSPS) is 17.4. The van der Waals surface area contributed by atoms with Gasteiger partial charge in [0.05, 0.1) is 4.90 Å². The molecule has 7 heteroatoms. The third-order valence-corrected chi connectivity index (χ3v) is 5.91. The van der Waals surface area contributed by atoms with Gasteiger partial charge in [-0.2, -0.15) is 4.31 Å². The second kappa shape index (κ2) is 6.76. The quantitative estimate of drug-likeness (QED) is 0.884. The molecule has 1 N–H and O–H groups in total. The molecule has 0 atom stereocenters. The number of amides is 1. The van der Waals surface area contributed by atoms with Gasteiger partial charge in [-0.3, -0.25) is 4.79 Å². The maximum atomic E-state index is 12.8. The Balaban J connectivity index is 2.34. The molecule has 0 radical (unpaired) electrons. The molecule has 1 aromatic rings. The van der Waals surface area contributed by atoms with Gasteiger partial charge in [-0.25, -0.2) is 8.42 Å². The second-order valence-electron chi connectivity index (χ2n) is 5.55. The minimum Gasteiger partial charge on any atom is -0.352 e. The molecular formula is C15H23N3O3S. The fourth-order valence-electron chi connectivity index (χ4n) is 2.45. The van der Waals surface area contributed by atoms with Gasteiger partial charge >= 0.3 is 0 Å². The third-order valence-electron chi connectivity index (χ3n) is 3.87. The summed E-state index contributed by atoms with van der Waals surface area (Å²) < 4.78 is 27.1. The van der Waals surface area contributed by atoms with Gasteiger partial charge in [0.1, 0.15) is 0 Å². The van der Waals surface area contributed by atoms with Crippen LogP contribution in [0.15, 0.2) is 23.1 Å². The van der Waals surface area contributed by atoms with Gasteiger partial charge in [-0.05, 0) is 38.6 Å². The number of hydrogen-bond acceptors (Lipinski definition) is 4. The number of aryl methyl sites for hydroxylation is 1. The molecule has 122 valence electrons. The molecule has 1 aliphatic rings. The highest BCUT2D eigenvalue weighted by Gasteiger charge is 2.29. The predicted octanol–water partition coefficient (Wildman–Crippen LogP) is 0.681. The van der Waals surface area contributed by atoms with Crippen molar-refractivity contribution in [2.24, 2.45) is 0 Å². The summed E-state index contributed by atoms with van der Waals surface area (Å²) in [6.07, 6.45) is 0. The lowest BCUT2D eigenvalue weighted by atomic mass is 10.1. The fraction of sp³-hybridized carbons (Fsp3) is 0.533. The molecule has 0 spiro atoms. The van der Waals surface area contributed by atoms with Gasteiger partial charge in [0.2, 0.25) is 10.0 Å². The molecule has 0 aliphatic carbocycles. The lowest BCUT2D eigenvalue weighted by molar-refractivity contribution is 0.0955. The van der Waals surface area contributed by atoms with Crippen molar-refractivity contribution in [1.82, 2.24) is 14.5 Å². The molecule has 6 nitrogen and oxygen atoms in total. The zero-order chi connectivity index (χ0) is 16.3. The van der Waals surface area contributed by atoms with E-state index in [1.54, 1.807) is 19.1 Å². The Bertz CT molecular complexity index is 650. The van der Waals surface area contributed by atoms with Crippen molar-refractivity contribution in [1.29, 1.82) is 0 Å². The van der Waals surface area contributed by atoms with Crippen LogP contribution >= 0.6 is 0 Å². The Morgan fingerprint density at radius 2 is 1.86 bits per heavy atom. The summed E-state index contributed by atoms with van der Waals surface area (Å²) in [6.45, 7) is 6.47. The van der Waals surface area contributed by atoms with E-state index in [0.29, 0.717) is 43.9 Å². The maximum Gasteiger partial charge on any atom is 0.251 e. The molecule has 1 amide bonds. The van der Waals surface area contributed by atoms with Gasteiger partial charge < -0.3 is 10.2 Å². The number of likely N-dealkylation sites (N-methyl/N-ethyl adjacent to an activating group) is 1. The molecule has 0 bridgehead atoms. The van der Waals surface area contributed by atoms with Crippen molar-refractivity contribution < 1.29 is 13.2 Å². The Morgan fingerprint density at radius 1 is 1.23 bits per heavy atom. The molecular weight excluding hydrogens is 302 g/mol. The van der Waals surface area contributed by atoms with E-state index in [9.17, 15) is 13.2 Å². The minimum atomic E-state index is -3.56. The number of rotatable bonds is 4. The van der Waals surface area contributed by atoms with Crippen LogP contribution in [0.1, 0.15) is 22.8 Å². The van der Waals surface area contributed by atoms with Gasteiger partial charge in [0.15, 0.2) is 0 Å². The van der Waals surface area contributed by atoms with Crippen LogP contribution in [0.2, 0.25) is 0 Å². The molecule has 1 fully saturated rings. The highest BCUT2D eigenvalue weighted by atomic mass is 32.2. The first-order chi connectivity index (χ1) is 10.4. The second-order valence-corrected chi connectivity index (χ2v) is 7.45. The molecule has 0 saturated carbocycles. The standard InChI is InChI=1S/C15H23N3O3S/c1-4-16-15(19)13-6-5-12(2)14(11-13)22(20,21)18-9-7-17(3)8-10-18/h5-6,11H,4,7-10H2,1-3H3,(H,16,19). The number of carbonyl (C=O) groups is 1. The SMILES string of the molecule is CCNC(=O)c1ccc(C)c(S(=O)(=O)N2CCN(C)CC2)c1. The smallest absolute Gasteiger partial charge is 0.251 e. The molecule has 1 aromatic carbocycles. The number of benzene rings is 1. The summed E-state index contributed by atoms with van der Waals surface area (Å²) in [7, 11) is -1.58. The maximum absolute atomic E-state index is 12.8. The zero-order valence-electron chi connectivity index (χ0n) is 13.3.